The summed E-state index contributed by atoms with van der Waals surface area (Å²) in [5.41, 5.74) is 1.16. The van der Waals surface area contributed by atoms with E-state index in [0.29, 0.717) is 16.6 Å². The van der Waals surface area contributed by atoms with E-state index in [2.05, 4.69) is 46.5 Å². The molecule has 0 spiro atoms. The maximum Gasteiger partial charge on any atom is 0.417 e. The van der Waals surface area contributed by atoms with Crippen LogP contribution in [0, 0.1) is 0 Å². The van der Waals surface area contributed by atoms with Gasteiger partial charge in [-0.15, -0.1) is 0 Å². The van der Waals surface area contributed by atoms with Crippen LogP contribution in [0.4, 0.5) is 4.79 Å². The zero-order valence-corrected chi connectivity index (χ0v) is 20.2. The van der Waals surface area contributed by atoms with E-state index in [1.54, 1.807) is 33.2 Å². The van der Waals surface area contributed by atoms with Crippen LogP contribution in [0.25, 0.3) is 0 Å². The number of ether oxygens (including phenoxy) is 1. The van der Waals surface area contributed by atoms with Gasteiger partial charge in [0.1, 0.15) is 11.6 Å². The number of hydrogen-bond donors (Lipinski definition) is 0. The smallest absolute Gasteiger partial charge is 0.417 e. The molecule has 1 fully saturated rings. The zero-order chi connectivity index (χ0) is 22.1. The average molecular weight is 421 g/mol. The van der Waals surface area contributed by atoms with Crippen LogP contribution in [0.1, 0.15) is 73.9 Å². The lowest BCUT2D eigenvalue weighted by molar-refractivity contribution is -0.162. The standard InChI is InChI=1S/C22H36N2O4Si/c1-14(2)29(15(3)4,16(5)6)28-19-18(17-10-12-23-13-11-17)24(20(19)25)21(26)27-22(7,8)9/h10-16,18-19H,1-9H3/t18-,19+/m0/s1. The minimum atomic E-state index is -2.30. The number of pyridine rings is 1. The first-order valence-electron chi connectivity index (χ1n) is 10.5. The second-order valence-electron chi connectivity index (χ2n) is 9.77. The van der Waals surface area contributed by atoms with Gasteiger partial charge >= 0.3 is 6.09 Å². The van der Waals surface area contributed by atoms with Gasteiger partial charge in [-0.1, -0.05) is 41.5 Å². The number of nitrogens with zero attached hydrogens (tertiary/aromatic N) is 2. The van der Waals surface area contributed by atoms with E-state index in [1.807, 2.05) is 12.1 Å². The molecule has 1 saturated heterocycles. The minimum absolute atomic E-state index is 0.320. The van der Waals surface area contributed by atoms with Crippen LogP contribution in [0.2, 0.25) is 16.6 Å². The first-order valence-corrected chi connectivity index (χ1v) is 12.6. The van der Waals surface area contributed by atoms with Gasteiger partial charge in [0.2, 0.25) is 8.32 Å². The molecule has 2 heterocycles. The van der Waals surface area contributed by atoms with Gasteiger partial charge in [0.15, 0.2) is 6.10 Å². The molecule has 0 N–H and O–H groups in total. The monoisotopic (exact) mass is 420 g/mol. The fraction of sp³-hybridized carbons (Fsp3) is 0.682. The van der Waals surface area contributed by atoms with E-state index >= 15 is 0 Å². The molecule has 0 saturated carbocycles. The van der Waals surface area contributed by atoms with E-state index in [4.69, 9.17) is 9.16 Å². The summed E-state index contributed by atoms with van der Waals surface area (Å²) in [4.78, 5) is 31.2. The summed E-state index contributed by atoms with van der Waals surface area (Å²) in [5, 5.41) is 0. The average Bonchev–Trinajstić information content (AvgIpc) is 2.58. The Morgan fingerprint density at radius 1 is 1.03 bits per heavy atom. The molecule has 1 aliphatic rings. The molecule has 0 radical (unpaired) electrons. The quantitative estimate of drug-likeness (QED) is 0.451. The lowest BCUT2D eigenvalue weighted by Gasteiger charge is -2.52. The van der Waals surface area contributed by atoms with Crippen molar-refractivity contribution in [2.45, 2.75) is 96.7 Å². The number of imide groups is 1. The molecule has 0 bridgehead atoms. The van der Waals surface area contributed by atoms with Crippen LogP contribution >= 0.6 is 0 Å². The lowest BCUT2D eigenvalue weighted by Crippen LogP contribution is -2.66. The highest BCUT2D eigenvalue weighted by molar-refractivity contribution is 6.77. The Bertz CT molecular complexity index is 706. The van der Waals surface area contributed by atoms with Crippen molar-refractivity contribution in [3.05, 3.63) is 30.1 Å². The number of amides is 2. The topological polar surface area (TPSA) is 68.7 Å². The molecule has 2 atom stereocenters. The fourth-order valence-corrected chi connectivity index (χ4v) is 10.1. The van der Waals surface area contributed by atoms with Crippen molar-refractivity contribution >= 4 is 20.3 Å². The molecule has 6 nitrogen and oxygen atoms in total. The molecule has 7 heteroatoms. The summed E-state index contributed by atoms with van der Waals surface area (Å²) in [7, 11) is -2.30. The summed E-state index contributed by atoms with van der Waals surface area (Å²) >= 11 is 0. The van der Waals surface area contributed by atoms with Crippen LogP contribution in [-0.2, 0) is 14.0 Å². The van der Waals surface area contributed by atoms with Crippen LogP contribution in [0.5, 0.6) is 0 Å². The third-order valence-corrected chi connectivity index (χ3v) is 11.8. The van der Waals surface area contributed by atoms with Crippen molar-refractivity contribution in [1.29, 1.82) is 0 Å². The summed E-state index contributed by atoms with van der Waals surface area (Å²) in [6.07, 6.45) is 2.03. The molecule has 0 aliphatic carbocycles. The van der Waals surface area contributed by atoms with Gasteiger partial charge in [-0.05, 0) is 55.1 Å². The van der Waals surface area contributed by atoms with E-state index in [1.165, 1.54) is 4.90 Å². The Morgan fingerprint density at radius 2 is 1.52 bits per heavy atom. The summed E-state index contributed by atoms with van der Waals surface area (Å²) in [6.45, 7) is 18.5. The molecule has 162 valence electrons. The SMILES string of the molecule is CC(C)[Si](O[C@H]1C(=O)N(C(=O)OC(C)(C)C)[C@H]1c1ccncc1)(C(C)C)C(C)C. The van der Waals surface area contributed by atoms with E-state index < -0.39 is 32.2 Å². The van der Waals surface area contributed by atoms with E-state index in [-0.39, 0.29) is 5.91 Å². The minimum Gasteiger partial charge on any atom is -0.443 e. The highest BCUT2D eigenvalue weighted by atomic mass is 28.4. The fourth-order valence-electron chi connectivity index (χ4n) is 4.60. The molecule has 2 rings (SSSR count). The second-order valence-corrected chi connectivity index (χ2v) is 15.2. The van der Waals surface area contributed by atoms with Crippen molar-refractivity contribution in [3.8, 4) is 0 Å². The van der Waals surface area contributed by atoms with Crippen molar-refractivity contribution in [1.82, 2.24) is 9.88 Å². The molecular formula is C22H36N2O4Si. The number of rotatable bonds is 6. The van der Waals surface area contributed by atoms with Crippen molar-refractivity contribution < 1.29 is 18.8 Å². The van der Waals surface area contributed by atoms with Crippen LogP contribution in [0.15, 0.2) is 24.5 Å². The van der Waals surface area contributed by atoms with Gasteiger partial charge in [0.25, 0.3) is 5.91 Å². The summed E-state index contributed by atoms with van der Waals surface area (Å²) in [6, 6.07) is 3.16. The van der Waals surface area contributed by atoms with Gasteiger partial charge in [-0.3, -0.25) is 9.78 Å². The van der Waals surface area contributed by atoms with Crippen molar-refractivity contribution in [3.63, 3.8) is 0 Å². The molecule has 2 amide bonds. The van der Waals surface area contributed by atoms with Gasteiger partial charge in [-0.25, -0.2) is 9.69 Å². The maximum absolute atomic E-state index is 13.1. The molecule has 29 heavy (non-hydrogen) atoms. The number of hydrogen-bond acceptors (Lipinski definition) is 5. The zero-order valence-electron chi connectivity index (χ0n) is 19.2. The second kappa shape index (κ2) is 8.56. The Labute approximate surface area is 176 Å². The number of likely N-dealkylation sites (tertiary alicyclic amines) is 1. The molecule has 1 aliphatic heterocycles. The Morgan fingerprint density at radius 3 is 1.93 bits per heavy atom. The summed E-state index contributed by atoms with van der Waals surface area (Å²) < 4.78 is 12.3. The molecule has 0 unspecified atom stereocenters. The number of β-lactam (4-membered cyclic amide) rings is 1. The number of carbonyl (C=O) groups excluding carboxylic acids is 2. The summed E-state index contributed by atoms with van der Waals surface area (Å²) in [5.74, 6) is -0.320. The van der Waals surface area contributed by atoms with Crippen LogP contribution in [0.3, 0.4) is 0 Å². The van der Waals surface area contributed by atoms with Crippen molar-refractivity contribution in [2.75, 3.05) is 0 Å². The highest BCUT2D eigenvalue weighted by Gasteiger charge is 2.58. The predicted octanol–water partition coefficient (Wildman–Crippen LogP) is 5.46. The van der Waals surface area contributed by atoms with Gasteiger partial charge in [0, 0.05) is 12.4 Å². The van der Waals surface area contributed by atoms with Gasteiger partial charge in [-0.2, -0.15) is 0 Å². The van der Waals surface area contributed by atoms with E-state index in [9.17, 15) is 9.59 Å². The van der Waals surface area contributed by atoms with Gasteiger partial charge < -0.3 is 9.16 Å². The lowest BCUT2D eigenvalue weighted by atomic mass is 9.92. The van der Waals surface area contributed by atoms with Crippen LogP contribution < -0.4 is 0 Å². The first-order chi connectivity index (χ1) is 13.3. The van der Waals surface area contributed by atoms with Crippen LogP contribution in [-0.4, -0.2) is 41.9 Å². The molecule has 1 aromatic heterocycles. The highest BCUT2D eigenvalue weighted by Crippen LogP contribution is 2.48. The third-order valence-electron chi connectivity index (χ3n) is 5.72. The molecular weight excluding hydrogens is 384 g/mol. The predicted molar refractivity (Wildman–Crippen MR) is 116 cm³/mol. The normalized spacial score (nSPS) is 20.4. The third kappa shape index (κ3) is 4.56. The van der Waals surface area contributed by atoms with Crippen molar-refractivity contribution in [2.24, 2.45) is 0 Å². The van der Waals surface area contributed by atoms with E-state index in [0.717, 1.165) is 5.56 Å². The maximum atomic E-state index is 13.1. The molecule has 1 aromatic rings. The first kappa shape index (κ1) is 23.5. The number of carbonyl (C=O) groups is 2. The Kier molecular flexibility index (Phi) is 6.95. The molecule has 0 aromatic carbocycles. The largest absolute Gasteiger partial charge is 0.443 e. The van der Waals surface area contributed by atoms with Gasteiger partial charge in [0.05, 0.1) is 0 Å². The Balaban J connectivity index is 2.43. The Hall–Kier alpha value is -1.73. The number of aromatic nitrogens is 1.